The predicted molar refractivity (Wildman–Crippen MR) is 99.1 cm³/mol. The second-order valence-electron chi connectivity index (χ2n) is 5.69. The van der Waals surface area contributed by atoms with Crippen molar-refractivity contribution in [2.75, 3.05) is 6.61 Å². The number of nitrogens with one attached hydrogen (secondary N) is 1. The van der Waals surface area contributed by atoms with E-state index in [2.05, 4.69) is 5.32 Å². The van der Waals surface area contributed by atoms with Gasteiger partial charge in [-0.25, -0.2) is 4.79 Å². The average Bonchev–Trinajstić information content (AvgIpc) is 2.59. The van der Waals surface area contributed by atoms with Gasteiger partial charge in [-0.1, -0.05) is 53.5 Å². The summed E-state index contributed by atoms with van der Waals surface area (Å²) < 4.78 is 5.00. The lowest BCUT2D eigenvalue weighted by Crippen LogP contribution is -2.36. The Morgan fingerprint density at radius 2 is 1.84 bits per heavy atom. The van der Waals surface area contributed by atoms with Crippen molar-refractivity contribution < 1.29 is 14.3 Å². The molecule has 0 fully saturated rings. The SMILES string of the molecule is C[C@H](CCc1ccccc1)NC(=O)COC(=O)c1ccc(Cl)cc1Cl. The third kappa shape index (κ3) is 6.40. The molecule has 1 amide bonds. The van der Waals surface area contributed by atoms with Gasteiger partial charge in [0.15, 0.2) is 6.61 Å². The minimum absolute atomic E-state index is 0.0227. The molecule has 0 spiro atoms. The highest BCUT2D eigenvalue weighted by molar-refractivity contribution is 6.36. The molecule has 0 aliphatic heterocycles. The quantitative estimate of drug-likeness (QED) is 0.730. The normalized spacial score (nSPS) is 11.6. The first kappa shape index (κ1) is 19.3. The molecular formula is C19H19Cl2NO3. The van der Waals surface area contributed by atoms with Crippen LogP contribution in [0.2, 0.25) is 10.0 Å². The van der Waals surface area contributed by atoms with E-state index in [4.69, 9.17) is 27.9 Å². The molecule has 2 rings (SSSR count). The number of benzene rings is 2. The third-order valence-corrected chi connectivity index (χ3v) is 4.15. The van der Waals surface area contributed by atoms with Gasteiger partial charge in [-0.05, 0) is 43.5 Å². The maximum Gasteiger partial charge on any atom is 0.340 e. The molecule has 25 heavy (non-hydrogen) atoms. The Hall–Kier alpha value is -2.04. The predicted octanol–water partition coefficient (Wildman–Crippen LogP) is 4.29. The van der Waals surface area contributed by atoms with E-state index in [1.807, 2.05) is 37.3 Å². The van der Waals surface area contributed by atoms with Crippen molar-refractivity contribution in [3.05, 3.63) is 69.7 Å². The molecule has 0 radical (unpaired) electrons. The lowest BCUT2D eigenvalue weighted by atomic mass is 10.1. The summed E-state index contributed by atoms with van der Waals surface area (Å²) >= 11 is 11.7. The largest absolute Gasteiger partial charge is 0.452 e. The zero-order valence-corrected chi connectivity index (χ0v) is 15.3. The van der Waals surface area contributed by atoms with Crippen LogP contribution in [0, 0.1) is 0 Å². The molecule has 0 heterocycles. The summed E-state index contributed by atoms with van der Waals surface area (Å²) in [7, 11) is 0. The molecule has 0 bridgehead atoms. The van der Waals surface area contributed by atoms with Gasteiger partial charge in [-0.15, -0.1) is 0 Å². The lowest BCUT2D eigenvalue weighted by molar-refractivity contribution is -0.124. The summed E-state index contributed by atoms with van der Waals surface area (Å²) in [4.78, 5) is 23.8. The first-order valence-electron chi connectivity index (χ1n) is 7.91. The Morgan fingerprint density at radius 1 is 1.12 bits per heavy atom. The fourth-order valence-electron chi connectivity index (χ4n) is 2.28. The van der Waals surface area contributed by atoms with E-state index in [-0.39, 0.29) is 29.1 Å². The Labute approximate surface area is 157 Å². The molecule has 6 heteroatoms. The van der Waals surface area contributed by atoms with Crippen molar-refractivity contribution in [1.29, 1.82) is 0 Å². The van der Waals surface area contributed by atoms with Crippen LogP contribution in [0.15, 0.2) is 48.5 Å². The van der Waals surface area contributed by atoms with E-state index in [0.29, 0.717) is 5.02 Å². The van der Waals surface area contributed by atoms with Gasteiger partial charge in [0.25, 0.3) is 5.91 Å². The minimum Gasteiger partial charge on any atom is -0.452 e. The van der Waals surface area contributed by atoms with E-state index in [1.54, 1.807) is 0 Å². The van der Waals surface area contributed by atoms with Crippen LogP contribution in [0.4, 0.5) is 0 Å². The topological polar surface area (TPSA) is 55.4 Å². The van der Waals surface area contributed by atoms with Crippen molar-refractivity contribution in [1.82, 2.24) is 5.32 Å². The number of rotatable bonds is 7. The smallest absolute Gasteiger partial charge is 0.340 e. The zero-order valence-electron chi connectivity index (χ0n) is 13.8. The van der Waals surface area contributed by atoms with Crippen LogP contribution in [-0.4, -0.2) is 24.5 Å². The molecule has 132 valence electrons. The molecule has 0 unspecified atom stereocenters. The highest BCUT2D eigenvalue weighted by atomic mass is 35.5. The molecule has 0 aliphatic carbocycles. The number of carbonyl (C=O) groups excluding carboxylic acids is 2. The first-order valence-corrected chi connectivity index (χ1v) is 8.67. The third-order valence-electron chi connectivity index (χ3n) is 3.60. The van der Waals surface area contributed by atoms with Gasteiger partial charge in [0.2, 0.25) is 0 Å². The number of esters is 1. The fourth-order valence-corrected chi connectivity index (χ4v) is 2.77. The van der Waals surface area contributed by atoms with Gasteiger partial charge in [0.1, 0.15) is 0 Å². The van der Waals surface area contributed by atoms with Gasteiger partial charge in [-0.3, -0.25) is 4.79 Å². The summed E-state index contributed by atoms with van der Waals surface area (Å²) in [6.45, 7) is 1.56. The Morgan fingerprint density at radius 3 is 2.52 bits per heavy atom. The van der Waals surface area contributed by atoms with Crippen molar-refractivity contribution in [3.8, 4) is 0 Å². The van der Waals surface area contributed by atoms with Crippen LogP contribution in [0.25, 0.3) is 0 Å². The summed E-state index contributed by atoms with van der Waals surface area (Å²) in [6, 6.07) is 14.5. The molecule has 0 saturated heterocycles. The van der Waals surface area contributed by atoms with Crippen LogP contribution < -0.4 is 5.32 Å². The molecule has 1 atom stereocenters. The Kier molecular flexibility index (Phi) is 7.29. The molecular weight excluding hydrogens is 361 g/mol. The molecule has 0 aromatic heterocycles. The van der Waals surface area contributed by atoms with Gasteiger partial charge < -0.3 is 10.1 Å². The van der Waals surface area contributed by atoms with Crippen molar-refractivity contribution in [2.24, 2.45) is 0 Å². The second kappa shape index (κ2) is 9.44. The number of carbonyl (C=O) groups is 2. The van der Waals surface area contributed by atoms with Crippen molar-refractivity contribution in [3.63, 3.8) is 0 Å². The highest BCUT2D eigenvalue weighted by Gasteiger charge is 2.15. The number of hydrogen-bond acceptors (Lipinski definition) is 3. The monoisotopic (exact) mass is 379 g/mol. The van der Waals surface area contributed by atoms with Crippen molar-refractivity contribution >= 4 is 35.1 Å². The van der Waals surface area contributed by atoms with E-state index in [1.165, 1.54) is 23.8 Å². The van der Waals surface area contributed by atoms with E-state index >= 15 is 0 Å². The van der Waals surface area contributed by atoms with Crippen LogP contribution >= 0.6 is 23.2 Å². The van der Waals surface area contributed by atoms with Gasteiger partial charge in [0, 0.05) is 11.1 Å². The number of ether oxygens (including phenoxy) is 1. The van der Waals surface area contributed by atoms with Crippen molar-refractivity contribution in [2.45, 2.75) is 25.8 Å². The molecule has 0 aliphatic rings. The standard InChI is InChI=1S/C19H19Cl2NO3/c1-13(7-8-14-5-3-2-4-6-14)22-18(23)12-25-19(24)16-10-9-15(20)11-17(16)21/h2-6,9-11,13H,7-8,12H2,1H3,(H,22,23)/t13-/m1/s1. The minimum atomic E-state index is -0.659. The summed E-state index contributed by atoms with van der Waals surface area (Å²) in [5.74, 6) is -1.01. The van der Waals surface area contributed by atoms with Crippen LogP contribution in [-0.2, 0) is 16.0 Å². The van der Waals surface area contributed by atoms with E-state index in [9.17, 15) is 9.59 Å². The number of amides is 1. The Bertz CT molecular complexity index is 735. The van der Waals surface area contributed by atoms with Gasteiger partial charge >= 0.3 is 5.97 Å². The number of aryl methyl sites for hydroxylation is 1. The van der Waals surface area contributed by atoms with E-state index in [0.717, 1.165) is 12.8 Å². The summed E-state index contributed by atoms with van der Waals surface area (Å²) in [5, 5.41) is 3.42. The average molecular weight is 380 g/mol. The van der Waals surface area contributed by atoms with Crippen LogP contribution in [0.1, 0.15) is 29.3 Å². The van der Waals surface area contributed by atoms with Gasteiger partial charge in [0.05, 0.1) is 10.6 Å². The first-order chi connectivity index (χ1) is 12.0. The fraction of sp³-hybridized carbons (Fsp3) is 0.263. The van der Waals surface area contributed by atoms with Crippen LogP contribution in [0.3, 0.4) is 0 Å². The second-order valence-corrected chi connectivity index (χ2v) is 6.54. The molecule has 4 nitrogen and oxygen atoms in total. The zero-order chi connectivity index (χ0) is 18.2. The van der Waals surface area contributed by atoms with E-state index < -0.39 is 5.97 Å². The lowest BCUT2D eigenvalue weighted by Gasteiger charge is -2.14. The van der Waals surface area contributed by atoms with Crippen LogP contribution in [0.5, 0.6) is 0 Å². The molecule has 0 saturated carbocycles. The number of hydrogen-bond donors (Lipinski definition) is 1. The maximum absolute atomic E-state index is 11.9. The molecule has 2 aromatic rings. The van der Waals surface area contributed by atoms with Gasteiger partial charge in [-0.2, -0.15) is 0 Å². The number of halogens is 2. The highest BCUT2D eigenvalue weighted by Crippen LogP contribution is 2.21. The molecule has 2 aromatic carbocycles. The summed E-state index contributed by atoms with van der Waals surface area (Å²) in [6.07, 6.45) is 1.66. The summed E-state index contributed by atoms with van der Waals surface area (Å²) in [5.41, 5.74) is 1.39. The Balaban J connectivity index is 1.75. The molecule has 1 N–H and O–H groups in total. The maximum atomic E-state index is 11.9.